The van der Waals surface area contributed by atoms with Crippen LogP contribution >= 0.6 is 0 Å². The molecule has 110 valence electrons. The third kappa shape index (κ3) is 4.13. The molecule has 0 amide bonds. The quantitative estimate of drug-likeness (QED) is 0.472. The molecule has 1 N–H and O–H groups in total. The summed E-state index contributed by atoms with van der Waals surface area (Å²) in [5, 5.41) is 11.6. The van der Waals surface area contributed by atoms with Gasteiger partial charge in [0, 0.05) is 12.1 Å². The lowest BCUT2D eigenvalue weighted by Crippen LogP contribution is -2.25. The first-order valence-electron chi connectivity index (χ1n) is 7.13. The number of rotatable bonds is 7. The highest BCUT2D eigenvalue weighted by atomic mass is 16.5. The number of hydrogen-bond acceptors (Lipinski definition) is 5. The molecule has 0 spiro atoms. The number of benzene rings is 1. The summed E-state index contributed by atoms with van der Waals surface area (Å²) < 4.78 is 11.4. The zero-order valence-corrected chi connectivity index (χ0v) is 11.9. The third-order valence-electron chi connectivity index (χ3n) is 3.34. The van der Waals surface area contributed by atoms with Crippen molar-refractivity contribution in [1.29, 1.82) is 0 Å². The number of hydrogen-bond donors (Lipinski definition) is 1. The Hall–Kier alpha value is -1.75. The molecule has 1 fully saturated rings. The molecule has 1 heterocycles. The number of ether oxygens (including phenoxy) is 2. The van der Waals surface area contributed by atoms with Crippen molar-refractivity contribution in [1.82, 2.24) is 4.90 Å². The van der Waals surface area contributed by atoms with Crippen LogP contribution in [0, 0.1) is 0 Å². The van der Waals surface area contributed by atoms with Crippen molar-refractivity contribution in [3.8, 4) is 11.5 Å². The van der Waals surface area contributed by atoms with Crippen LogP contribution < -0.4 is 9.47 Å². The van der Waals surface area contributed by atoms with Gasteiger partial charge in [-0.25, -0.2) is 0 Å². The van der Waals surface area contributed by atoms with E-state index in [-0.39, 0.29) is 0 Å². The van der Waals surface area contributed by atoms with Crippen LogP contribution in [0.1, 0.15) is 25.3 Å². The predicted octanol–water partition coefficient (Wildman–Crippen LogP) is 2.37. The minimum Gasteiger partial charge on any atom is -0.490 e. The zero-order chi connectivity index (χ0) is 14.2. The topological polar surface area (TPSA) is 54.3 Å². The summed E-state index contributed by atoms with van der Waals surface area (Å²) in [4.78, 5) is 2.41. The highest BCUT2D eigenvalue weighted by molar-refractivity contribution is 5.80. The van der Waals surface area contributed by atoms with E-state index in [2.05, 4.69) is 10.1 Å². The van der Waals surface area contributed by atoms with Gasteiger partial charge in [-0.1, -0.05) is 5.16 Å². The summed E-state index contributed by atoms with van der Waals surface area (Å²) in [5.41, 5.74) is 0.780. The van der Waals surface area contributed by atoms with Crippen LogP contribution in [0.15, 0.2) is 23.4 Å². The molecule has 5 heteroatoms. The first-order chi connectivity index (χ1) is 9.83. The standard InChI is InChI=1S/C15H22N2O3/c1-2-19-15-11-13(12-16-18)5-6-14(15)20-10-9-17-7-3-4-8-17/h5-6,11-12,18H,2-4,7-10H2,1H3. The van der Waals surface area contributed by atoms with Gasteiger partial charge in [-0.3, -0.25) is 4.90 Å². The van der Waals surface area contributed by atoms with E-state index in [4.69, 9.17) is 14.7 Å². The van der Waals surface area contributed by atoms with E-state index < -0.39 is 0 Å². The van der Waals surface area contributed by atoms with Crippen LogP contribution in [-0.2, 0) is 0 Å². The predicted molar refractivity (Wildman–Crippen MR) is 78.2 cm³/mol. The Morgan fingerprint density at radius 1 is 1.25 bits per heavy atom. The number of oxime groups is 1. The molecule has 1 aliphatic rings. The zero-order valence-electron chi connectivity index (χ0n) is 11.9. The van der Waals surface area contributed by atoms with Crippen molar-refractivity contribution in [2.75, 3.05) is 32.8 Å². The van der Waals surface area contributed by atoms with Gasteiger partial charge in [-0.05, 0) is 51.1 Å². The monoisotopic (exact) mass is 278 g/mol. The summed E-state index contributed by atoms with van der Waals surface area (Å²) in [7, 11) is 0. The molecule has 0 bridgehead atoms. The molecule has 1 aromatic carbocycles. The second-order valence-electron chi connectivity index (χ2n) is 4.78. The van der Waals surface area contributed by atoms with E-state index in [9.17, 15) is 0 Å². The Bertz CT molecular complexity index is 443. The highest BCUT2D eigenvalue weighted by Gasteiger charge is 2.12. The smallest absolute Gasteiger partial charge is 0.161 e. The lowest BCUT2D eigenvalue weighted by molar-refractivity contribution is 0.226. The largest absolute Gasteiger partial charge is 0.490 e. The van der Waals surface area contributed by atoms with Crippen molar-refractivity contribution in [3.05, 3.63) is 23.8 Å². The molecule has 0 radical (unpaired) electrons. The van der Waals surface area contributed by atoms with Gasteiger partial charge in [0.2, 0.25) is 0 Å². The molecule has 1 aliphatic heterocycles. The van der Waals surface area contributed by atoms with Gasteiger partial charge in [-0.2, -0.15) is 0 Å². The molecule has 20 heavy (non-hydrogen) atoms. The fraction of sp³-hybridized carbons (Fsp3) is 0.533. The van der Waals surface area contributed by atoms with E-state index in [1.807, 2.05) is 25.1 Å². The average Bonchev–Trinajstić information content (AvgIpc) is 2.95. The molecule has 1 aromatic rings. The molecular formula is C15H22N2O3. The van der Waals surface area contributed by atoms with E-state index in [1.54, 1.807) is 0 Å². The third-order valence-corrected chi connectivity index (χ3v) is 3.34. The molecule has 0 atom stereocenters. The number of nitrogens with zero attached hydrogens (tertiary/aromatic N) is 2. The summed E-state index contributed by atoms with van der Waals surface area (Å²) in [6.45, 7) is 6.46. The van der Waals surface area contributed by atoms with Crippen molar-refractivity contribution in [2.45, 2.75) is 19.8 Å². The van der Waals surface area contributed by atoms with Gasteiger partial charge in [0.05, 0.1) is 12.8 Å². The molecule has 0 aliphatic carbocycles. The minimum atomic E-state index is 0.572. The van der Waals surface area contributed by atoms with Gasteiger partial charge in [-0.15, -0.1) is 0 Å². The summed E-state index contributed by atoms with van der Waals surface area (Å²) in [6.07, 6.45) is 3.95. The van der Waals surface area contributed by atoms with Gasteiger partial charge in [0.25, 0.3) is 0 Å². The van der Waals surface area contributed by atoms with Crippen molar-refractivity contribution >= 4 is 6.21 Å². The van der Waals surface area contributed by atoms with Crippen LogP contribution in [-0.4, -0.2) is 49.2 Å². The Balaban J connectivity index is 1.94. The maximum Gasteiger partial charge on any atom is 0.161 e. The van der Waals surface area contributed by atoms with Crippen LogP contribution in [0.3, 0.4) is 0 Å². The van der Waals surface area contributed by atoms with Crippen LogP contribution in [0.4, 0.5) is 0 Å². The molecular weight excluding hydrogens is 256 g/mol. The highest BCUT2D eigenvalue weighted by Crippen LogP contribution is 2.28. The van der Waals surface area contributed by atoms with E-state index in [0.29, 0.717) is 19.0 Å². The Labute approximate surface area is 119 Å². The van der Waals surface area contributed by atoms with Gasteiger partial charge in [0.15, 0.2) is 11.5 Å². The van der Waals surface area contributed by atoms with E-state index >= 15 is 0 Å². The molecule has 2 rings (SSSR count). The minimum absolute atomic E-state index is 0.572. The van der Waals surface area contributed by atoms with Gasteiger partial charge < -0.3 is 14.7 Å². The van der Waals surface area contributed by atoms with Crippen molar-refractivity contribution < 1.29 is 14.7 Å². The summed E-state index contributed by atoms with van der Waals surface area (Å²) in [6, 6.07) is 5.51. The fourth-order valence-electron chi connectivity index (χ4n) is 2.35. The van der Waals surface area contributed by atoms with Gasteiger partial charge in [0.1, 0.15) is 6.61 Å². The Morgan fingerprint density at radius 2 is 2.05 bits per heavy atom. The maximum absolute atomic E-state index is 8.56. The second-order valence-corrected chi connectivity index (χ2v) is 4.78. The van der Waals surface area contributed by atoms with E-state index in [0.717, 1.165) is 17.9 Å². The first kappa shape index (κ1) is 14.7. The van der Waals surface area contributed by atoms with Crippen LogP contribution in [0.5, 0.6) is 11.5 Å². The van der Waals surface area contributed by atoms with Crippen molar-refractivity contribution in [2.24, 2.45) is 5.16 Å². The Kier molecular flexibility index (Phi) is 5.68. The first-order valence-corrected chi connectivity index (χ1v) is 7.13. The Morgan fingerprint density at radius 3 is 2.75 bits per heavy atom. The molecule has 5 nitrogen and oxygen atoms in total. The number of likely N-dealkylation sites (tertiary alicyclic amines) is 1. The van der Waals surface area contributed by atoms with Crippen LogP contribution in [0.25, 0.3) is 0 Å². The second kappa shape index (κ2) is 7.75. The fourth-order valence-corrected chi connectivity index (χ4v) is 2.35. The maximum atomic E-state index is 8.56. The van der Waals surface area contributed by atoms with E-state index in [1.165, 1.54) is 32.1 Å². The van der Waals surface area contributed by atoms with Crippen LogP contribution in [0.2, 0.25) is 0 Å². The molecule has 0 aromatic heterocycles. The summed E-state index contributed by atoms with van der Waals surface area (Å²) >= 11 is 0. The lowest BCUT2D eigenvalue weighted by Gasteiger charge is -2.16. The molecule has 0 unspecified atom stereocenters. The normalized spacial score (nSPS) is 15.8. The molecule has 0 saturated carbocycles. The molecule has 1 saturated heterocycles. The average molecular weight is 278 g/mol. The SMILES string of the molecule is CCOc1cc(C=NO)ccc1OCCN1CCCC1. The van der Waals surface area contributed by atoms with Gasteiger partial charge >= 0.3 is 0 Å². The summed E-state index contributed by atoms with van der Waals surface area (Å²) in [5.74, 6) is 1.42. The van der Waals surface area contributed by atoms with Crippen molar-refractivity contribution in [3.63, 3.8) is 0 Å². The lowest BCUT2D eigenvalue weighted by atomic mass is 10.2.